The molecule has 2 rings (SSSR count). The summed E-state index contributed by atoms with van der Waals surface area (Å²) in [5, 5.41) is 0.725. The van der Waals surface area contributed by atoms with Gasteiger partial charge >= 0.3 is 0 Å². The molecule has 0 unspecified atom stereocenters. The van der Waals surface area contributed by atoms with E-state index in [2.05, 4.69) is 0 Å². The van der Waals surface area contributed by atoms with E-state index < -0.39 is 0 Å². The maximum Gasteiger partial charge on any atom is 0.232 e. The summed E-state index contributed by atoms with van der Waals surface area (Å²) >= 11 is 7.44. The molecule has 2 amide bonds. The van der Waals surface area contributed by atoms with Crippen molar-refractivity contribution in [1.29, 1.82) is 0 Å². The topological polar surface area (TPSA) is 40.6 Å². The van der Waals surface area contributed by atoms with Crippen molar-refractivity contribution in [1.82, 2.24) is 9.80 Å². The molecule has 0 radical (unpaired) electrons. The molecule has 1 aliphatic rings. The second kappa shape index (κ2) is 7.71. The summed E-state index contributed by atoms with van der Waals surface area (Å²) in [7, 11) is 0. The molecule has 0 aliphatic carbocycles. The summed E-state index contributed by atoms with van der Waals surface area (Å²) in [5.41, 5.74) is 1.17. The summed E-state index contributed by atoms with van der Waals surface area (Å²) in [6.07, 6.45) is 0. The van der Waals surface area contributed by atoms with E-state index in [9.17, 15) is 9.59 Å². The number of piperazine rings is 1. The lowest BCUT2D eigenvalue weighted by Gasteiger charge is -2.34. The highest BCUT2D eigenvalue weighted by atomic mass is 35.5. The first kappa shape index (κ1) is 16.2. The molecule has 1 saturated heterocycles. The first-order valence-corrected chi connectivity index (χ1v) is 8.45. The first-order chi connectivity index (χ1) is 10.1. The number of halogens is 1. The molecule has 0 N–H and O–H groups in total. The highest BCUT2D eigenvalue weighted by molar-refractivity contribution is 7.99. The Kier molecular flexibility index (Phi) is 5.94. The van der Waals surface area contributed by atoms with Crippen LogP contribution in [0.5, 0.6) is 0 Å². The summed E-state index contributed by atoms with van der Waals surface area (Å²) in [5.74, 6) is 1.51. The minimum absolute atomic E-state index is 0.0826. The standard InChI is InChI=1S/C15H19ClN2O2S/c1-12(19)17-6-8-18(9-7-17)15(20)11-21-10-13-2-4-14(16)5-3-13/h2-5H,6-11H2,1H3. The van der Waals surface area contributed by atoms with Crippen LogP contribution in [0.4, 0.5) is 0 Å². The van der Waals surface area contributed by atoms with Crippen LogP contribution < -0.4 is 0 Å². The number of thioether (sulfide) groups is 1. The quantitative estimate of drug-likeness (QED) is 0.852. The van der Waals surface area contributed by atoms with Crippen molar-refractivity contribution in [2.45, 2.75) is 12.7 Å². The normalized spacial score (nSPS) is 15.1. The maximum absolute atomic E-state index is 12.1. The van der Waals surface area contributed by atoms with Gasteiger partial charge in [-0.25, -0.2) is 0 Å². The van der Waals surface area contributed by atoms with Gasteiger partial charge in [0.25, 0.3) is 0 Å². The van der Waals surface area contributed by atoms with Crippen molar-refractivity contribution in [2.75, 3.05) is 31.9 Å². The second-order valence-electron chi connectivity index (χ2n) is 5.01. The van der Waals surface area contributed by atoms with Crippen molar-refractivity contribution in [3.63, 3.8) is 0 Å². The Bertz CT molecular complexity index is 499. The van der Waals surface area contributed by atoms with Crippen LogP contribution >= 0.6 is 23.4 Å². The predicted molar refractivity (Wildman–Crippen MR) is 86.4 cm³/mol. The van der Waals surface area contributed by atoms with Gasteiger partial charge in [-0.3, -0.25) is 9.59 Å². The van der Waals surface area contributed by atoms with Crippen LogP contribution in [0.15, 0.2) is 24.3 Å². The van der Waals surface area contributed by atoms with Gasteiger partial charge in [0, 0.05) is 43.9 Å². The molecule has 1 aromatic carbocycles. The van der Waals surface area contributed by atoms with Crippen molar-refractivity contribution in [2.24, 2.45) is 0 Å². The van der Waals surface area contributed by atoms with Gasteiger partial charge in [-0.2, -0.15) is 0 Å². The molecular formula is C15H19ClN2O2S. The Labute approximate surface area is 134 Å². The van der Waals surface area contributed by atoms with Gasteiger partial charge in [0.2, 0.25) is 11.8 Å². The lowest BCUT2D eigenvalue weighted by molar-refractivity contribution is -0.136. The SMILES string of the molecule is CC(=O)N1CCN(C(=O)CSCc2ccc(Cl)cc2)CC1. The zero-order valence-corrected chi connectivity index (χ0v) is 13.6. The summed E-state index contributed by atoms with van der Waals surface area (Å²) in [4.78, 5) is 27.0. The second-order valence-corrected chi connectivity index (χ2v) is 6.43. The molecule has 1 aliphatic heterocycles. The average molecular weight is 327 g/mol. The van der Waals surface area contributed by atoms with Gasteiger partial charge in [0.05, 0.1) is 5.75 Å². The molecule has 21 heavy (non-hydrogen) atoms. The summed E-state index contributed by atoms with van der Waals surface area (Å²) in [6, 6.07) is 7.68. The number of carbonyl (C=O) groups is 2. The molecule has 0 spiro atoms. The molecule has 114 valence electrons. The predicted octanol–water partition coefficient (Wildman–Crippen LogP) is 2.26. The van der Waals surface area contributed by atoms with Gasteiger partial charge in [-0.15, -0.1) is 11.8 Å². The first-order valence-electron chi connectivity index (χ1n) is 6.92. The van der Waals surface area contributed by atoms with E-state index >= 15 is 0 Å². The fourth-order valence-corrected chi connectivity index (χ4v) is 3.21. The minimum atomic E-state index is 0.0826. The highest BCUT2D eigenvalue weighted by Gasteiger charge is 2.21. The number of hydrogen-bond donors (Lipinski definition) is 0. The molecule has 1 aromatic rings. The molecule has 1 heterocycles. The van der Waals surface area contributed by atoms with Crippen LogP contribution in [-0.4, -0.2) is 53.5 Å². The van der Waals surface area contributed by atoms with Crippen molar-refractivity contribution >= 4 is 35.2 Å². The van der Waals surface area contributed by atoms with Gasteiger partial charge in [-0.05, 0) is 17.7 Å². The Morgan fingerprint density at radius 1 is 1.10 bits per heavy atom. The molecule has 0 bridgehead atoms. The number of rotatable bonds is 4. The fourth-order valence-electron chi connectivity index (χ4n) is 2.20. The van der Waals surface area contributed by atoms with Crippen LogP contribution in [0.1, 0.15) is 12.5 Å². The minimum Gasteiger partial charge on any atom is -0.339 e. The molecule has 6 heteroatoms. The Morgan fingerprint density at radius 3 is 2.24 bits per heavy atom. The fraction of sp³-hybridized carbons (Fsp3) is 0.467. The molecule has 1 fully saturated rings. The third-order valence-corrected chi connectivity index (χ3v) is 4.73. The molecule has 4 nitrogen and oxygen atoms in total. The van der Waals surface area contributed by atoms with E-state index in [0.29, 0.717) is 31.9 Å². The summed E-state index contributed by atoms with van der Waals surface area (Å²) in [6.45, 7) is 4.13. The highest BCUT2D eigenvalue weighted by Crippen LogP contribution is 2.16. The Hall–Kier alpha value is -1.20. The van der Waals surface area contributed by atoms with Crippen LogP contribution in [0, 0.1) is 0 Å². The molecule has 0 aromatic heterocycles. The smallest absolute Gasteiger partial charge is 0.232 e. The number of benzene rings is 1. The van der Waals surface area contributed by atoms with Gasteiger partial charge in [0.1, 0.15) is 0 Å². The monoisotopic (exact) mass is 326 g/mol. The lowest BCUT2D eigenvalue weighted by atomic mass is 10.2. The van der Waals surface area contributed by atoms with Gasteiger partial charge in [0.15, 0.2) is 0 Å². The molecular weight excluding hydrogens is 308 g/mol. The van der Waals surface area contributed by atoms with Crippen LogP contribution in [0.2, 0.25) is 5.02 Å². The average Bonchev–Trinajstić information content (AvgIpc) is 2.49. The van der Waals surface area contributed by atoms with E-state index in [1.165, 1.54) is 5.56 Å². The third-order valence-electron chi connectivity index (χ3n) is 3.49. The van der Waals surface area contributed by atoms with Gasteiger partial charge < -0.3 is 9.80 Å². The zero-order valence-electron chi connectivity index (χ0n) is 12.0. The van der Waals surface area contributed by atoms with Crippen molar-refractivity contribution in [3.8, 4) is 0 Å². The van der Waals surface area contributed by atoms with E-state index in [1.807, 2.05) is 29.2 Å². The Balaban J connectivity index is 1.70. The Morgan fingerprint density at radius 2 is 1.67 bits per heavy atom. The molecule has 0 atom stereocenters. The van der Waals surface area contributed by atoms with E-state index in [0.717, 1.165) is 10.8 Å². The van der Waals surface area contributed by atoms with E-state index in [4.69, 9.17) is 11.6 Å². The largest absolute Gasteiger partial charge is 0.339 e. The van der Waals surface area contributed by atoms with Crippen LogP contribution in [-0.2, 0) is 15.3 Å². The lowest BCUT2D eigenvalue weighted by Crippen LogP contribution is -2.50. The number of amides is 2. The zero-order chi connectivity index (χ0) is 15.2. The van der Waals surface area contributed by atoms with Gasteiger partial charge in [-0.1, -0.05) is 23.7 Å². The van der Waals surface area contributed by atoms with Crippen molar-refractivity contribution in [3.05, 3.63) is 34.9 Å². The van der Waals surface area contributed by atoms with E-state index in [-0.39, 0.29) is 11.8 Å². The third kappa shape index (κ3) is 4.93. The maximum atomic E-state index is 12.1. The number of nitrogens with zero attached hydrogens (tertiary/aromatic N) is 2. The summed E-state index contributed by atoms with van der Waals surface area (Å²) < 4.78 is 0. The van der Waals surface area contributed by atoms with Crippen LogP contribution in [0.25, 0.3) is 0 Å². The van der Waals surface area contributed by atoms with E-state index in [1.54, 1.807) is 23.6 Å². The molecule has 0 saturated carbocycles. The number of carbonyl (C=O) groups excluding carboxylic acids is 2. The number of hydrogen-bond acceptors (Lipinski definition) is 3. The van der Waals surface area contributed by atoms with Crippen LogP contribution in [0.3, 0.4) is 0 Å². The van der Waals surface area contributed by atoms with Crippen molar-refractivity contribution < 1.29 is 9.59 Å².